The minimum Gasteiger partial charge on any atom is -0.480 e. The maximum Gasteiger partial charge on any atom is 0.320 e. The topological polar surface area (TPSA) is 58.6 Å². The largest absolute Gasteiger partial charge is 0.480 e. The second kappa shape index (κ2) is 9.60. The normalized spacial score (nSPS) is 14.7. The quantitative estimate of drug-likeness (QED) is 0.604. The van der Waals surface area contributed by atoms with Gasteiger partial charge in [0.25, 0.3) is 0 Å². The molecule has 0 aliphatic rings. The zero-order valence-electron chi connectivity index (χ0n) is 10.7. The zero-order valence-corrected chi connectivity index (χ0v) is 10.7. The Morgan fingerprint density at radius 1 is 1.31 bits per heavy atom. The fraction of sp³-hybridized carbons (Fsp3) is 0.917. The lowest BCUT2D eigenvalue weighted by Crippen LogP contribution is -2.38. The molecular weight excluding hydrogens is 206 g/mol. The van der Waals surface area contributed by atoms with Gasteiger partial charge in [0.1, 0.15) is 6.04 Å². The van der Waals surface area contributed by atoms with Crippen molar-refractivity contribution in [2.45, 2.75) is 58.6 Å². The summed E-state index contributed by atoms with van der Waals surface area (Å²) in [6.07, 6.45) is 3.82. The van der Waals surface area contributed by atoms with E-state index in [4.69, 9.17) is 9.84 Å². The molecule has 0 radical (unpaired) electrons. The van der Waals surface area contributed by atoms with Crippen LogP contribution in [0.2, 0.25) is 0 Å². The van der Waals surface area contributed by atoms with Gasteiger partial charge in [-0.3, -0.25) is 4.79 Å². The summed E-state index contributed by atoms with van der Waals surface area (Å²) >= 11 is 0. The molecule has 0 aromatic rings. The lowest BCUT2D eigenvalue weighted by Gasteiger charge is -2.16. The third-order valence-corrected chi connectivity index (χ3v) is 2.44. The van der Waals surface area contributed by atoms with Gasteiger partial charge in [0, 0.05) is 6.61 Å². The van der Waals surface area contributed by atoms with Crippen molar-refractivity contribution in [3.8, 4) is 0 Å². The van der Waals surface area contributed by atoms with Crippen molar-refractivity contribution in [2.24, 2.45) is 0 Å². The Morgan fingerprint density at radius 2 is 2.00 bits per heavy atom. The van der Waals surface area contributed by atoms with Crippen LogP contribution in [-0.4, -0.2) is 36.4 Å². The molecule has 0 amide bonds. The molecule has 2 N–H and O–H groups in total. The minimum absolute atomic E-state index is 0.227. The van der Waals surface area contributed by atoms with Gasteiger partial charge in [-0.25, -0.2) is 0 Å². The van der Waals surface area contributed by atoms with Crippen LogP contribution in [0.1, 0.15) is 46.5 Å². The van der Waals surface area contributed by atoms with Crippen molar-refractivity contribution in [3.63, 3.8) is 0 Å². The molecule has 4 nitrogen and oxygen atoms in total. The molecule has 16 heavy (non-hydrogen) atoms. The van der Waals surface area contributed by atoms with Crippen LogP contribution >= 0.6 is 0 Å². The van der Waals surface area contributed by atoms with Crippen LogP contribution in [0.3, 0.4) is 0 Å². The van der Waals surface area contributed by atoms with Gasteiger partial charge in [0.2, 0.25) is 0 Å². The van der Waals surface area contributed by atoms with Crippen molar-refractivity contribution < 1.29 is 14.6 Å². The lowest BCUT2D eigenvalue weighted by molar-refractivity contribution is -0.140. The Hall–Kier alpha value is -0.610. The van der Waals surface area contributed by atoms with Crippen LogP contribution < -0.4 is 5.32 Å². The van der Waals surface area contributed by atoms with E-state index in [2.05, 4.69) is 12.2 Å². The fourth-order valence-corrected chi connectivity index (χ4v) is 1.51. The molecule has 0 heterocycles. The molecule has 0 rings (SSSR count). The van der Waals surface area contributed by atoms with E-state index in [0.29, 0.717) is 13.0 Å². The SMILES string of the molecule is CCCNC(CCOC(C)CCC)C(=O)O. The van der Waals surface area contributed by atoms with E-state index in [0.717, 1.165) is 25.8 Å². The average Bonchev–Trinajstić information content (AvgIpc) is 2.23. The van der Waals surface area contributed by atoms with E-state index in [1.807, 2.05) is 13.8 Å². The van der Waals surface area contributed by atoms with Crippen LogP contribution in [0.4, 0.5) is 0 Å². The summed E-state index contributed by atoms with van der Waals surface area (Å²) in [4.78, 5) is 10.9. The van der Waals surface area contributed by atoms with Gasteiger partial charge in [-0.15, -0.1) is 0 Å². The van der Waals surface area contributed by atoms with Gasteiger partial charge in [0.05, 0.1) is 6.10 Å². The van der Waals surface area contributed by atoms with Crippen LogP contribution in [0.15, 0.2) is 0 Å². The third kappa shape index (κ3) is 7.65. The van der Waals surface area contributed by atoms with Crippen molar-refractivity contribution in [2.75, 3.05) is 13.2 Å². The smallest absolute Gasteiger partial charge is 0.320 e. The monoisotopic (exact) mass is 231 g/mol. The van der Waals surface area contributed by atoms with E-state index in [-0.39, 0.29) is 6.10 Å². The van der Waals surface area contributed by atoms with Gasteiger partial charge >= 0.3 is 5.97 Å². The van der Waals surface area contributed by atoms with E-state index in [1.54, 1.807) is 0 Å². The molecule has 0 aromatic carbocycles. The summed E-state index contributed by atoms with van der Waals surface area (Å²) in [6, 6.07) is -0.478. The molecule has 0 saturated carbocycles. The van der Waals surface area contributed by atoms with Crippen LogP contribution in [0.25, 0.3) is 0 Å². The summed E-state index contributed by atoms with van der Waals surface area (Å²) < 4.78 is 5.54. The number of ether oxygens (including phenoxy) is 1. The van der Waals surface area contributed by atoms with E-state index < -0.39 is 12.0 Å². The number of carbonyl (C=O) groups is 1. The molecule has 2 atom stereocenters. The first-order chi connectivity index (χ1) is 7.61. The minimum atomic E-state index is -0.791. The van der Waals surface area contributed by atoms with Crippen LogP contribution in [0.5, 0.6) is 0 Å². The van der Waals surface area contributed by atoms with Crippen molar-refractivity contribution in [1.29, 1.82) is 0 Å². The molecule has 0 aliphatic carbocycles. The standard InChI is InChI=1S/C12H25NO3/c1-4-6-10(3)16-9-7-11(12(14)15)13-8-5-2/h10-11,13H,4-9H2,1-3H3,(H,14,15). The summed E-state index contributed by atoms with van der Waals surface area (Å²) in [5, 5.41) is 11.9. The number of rotatable bonds is 10. The lowest BCUT2D eigenvalue weighted by atomic mass is 10.2. The van der Waals surface area contributed by atoms with Gasteiger partial charge < -0.3 is 15.2 Å². The fourth-order valence-electron chi connectivity index (χ4n) is 1.51. The zero-order chi connectivity index (χ0) is 12.4. The van der Waals surface area contributed by atoms with Gasteiger partial charge in [-0.1, -0.05) is 20.3 Å². The van der Waals surface area contributed by atoms with Crippen molar-refractivity contribution in [1.82, 2.24) is 5.32 Å². The second-order valence-corrected chi connectivity index (χ2v) is 4.10. The predicted molar refractivity (Wildman–Crippen MR) is 64.7 cm³/mol. The second-order valence-electron chi connectivity index (χ2n) is 4.10. The number of nitrogens with one attached hydrogen (secondary N) is 1. The number of carboxylic acid groups (broad SMARTS) is 1. The highest BCUT2D eigenvalue weighted by molar-refractivity contribution is 5.73. The highest BCUT2D eigenvalue weighted by Gasteiger charge is 2.16. The maximum atomic E-state index is 10.9. The Balaban J connectivity index is 3.71. The molecule has 0 saturated heterocycles. The number of aliphatic carboxylic acids is 1. The highest BCUT2D eigenvalue weighted by atomic mass is 16.5. The Bertz CT molecular complexity index is 185. The predicted octanol–water partition coefficient (Wildman–Crippen LogP) is 2.03. The molecule has 2 unspecified atom stereocenters. The number of carboxylic acids is 1. The molecule has 0 fully saturated rings. The molecule has 0 aromatic heterocycles. The molecule has 0 spiro atoms. The highest BCUT2D eigenvalue weighted by Crippen LogP contribution is 2.03. The van der Waals surface area contributed by atoms with Crippen LogP contribution in [0, 0.1) is 0 Å². The summed E-state index contributed by atoms with van der Waals surface area (Å²) in [7, 11) is 0. The van der Waals surface area contributed by atoms with Crippen LogP contribution in [-0.2, 0) is 9.53 Å². The first-order valence-electron chi connectivity index (χ1n) is 6.19. The first-order valence-corrected chi connectivity index (χ1v) is 6.19. The van der Waals surface area contributed by atoms with Gasteiger partial charge in [0.15, 0.2) is 0 Å². The molecule has 0 aliphatic heterocycles. The van der Waals surface area contributed by atoms with Gasteiger partial charge in [-0.2, -0.15) is 0 Å². The van der Waals surface area contributed by atoms with Crippen molar-refractivity contribution in [3.05, 3.63) is 0 Å². The molecule has 0 bridgehead atoms. The molecular formula is C12H25NO3. The third-order valence-electron chi connectivity index (χ3n) is 2.44. The Morgan fingerprint density at radius 3 is 2.50 bits per heavy atom. The summed E-state index contributed by atoms with van der Waals surface area (Å²) in [5.74, 6) is -0.791. The van der Waals surface area contributed by atoms with E-state index >= 15 is 0 Å². The van der Waals surface area contributed by atoms with E-state index in [1.165, 1.54) is 0 Å². The van der Waals surface area contributed by atoms with Gasteiger partial charge in [-0.05, 0) is 32.7 Å². The average molecular weight is 231 g/mol. The van der Waals surface area contributed by atoms with Crippen molar-refractivity contribution >= 4 is 5.97 Å². The number of hydrogen-bond acceptors (Lipinski definition) is 3. The Kier molecular flexibility index (Phi) is 9.24. The molecule has 4 heteroatoms. The molecule has 96 valence electrons. The first kappa shape index (κ1) is 15.4. The summed E-state index contributed by atoms with van der Waals surface area (Å²) in [6.45, 7) is 7.41. The number of hydrogen-bond donors (Lipinski definition) is 2. The maximum absolute atomic E-state index is 10.9. The van der Waals surface area contributed by atoms with E-state index in [9.17, 15) is 4.79 Å². The Labute approximate surface area is 98.4 Å². The summed E-state index contributed by atoms with van der Waals surface area (Å²) in [5.41, 5.74) is 0.